The maximum absolute atomic E-state index is 12.6. The van der Waals surface area contributed by atoms with Gasteiger partial charge in [0.05, 0.1) is 23.4 Å². The Morgan fingerprint density at radius 2 is 1.55 bits per heavy atom. The first kappa shape index (κ1) is 21.9. The molecule has 2 aromatic rings. The van der Waals surface area contributed by atoms with Gasteiger partial charge in [0.1, 0.15) is 0 Å². The van der Waals surface area contributed by atoms with Gasteiger partial charge in [-0.05, 0) is 42.8 Å². The van der Waals surface area contributed by atoms with E-state index in [1.54, 1.807) is 12.1 Å². The van der Waals surface area contributed by atoms with Gasteiger partial charge in [0, 0.05) is 5.69 Å². The van der Waals surface area contributed by atoms with Crippen LogP contribution in [0.15, 0.2) is 48.5 Å². The van der Waals surface area contributed by atoms with Crippen LogP contribution < -0.4 is 10.6 Å². The first-order valence-corrected chi connectivity index (χ1v) is 8.78. The quantitative estimate of drug-likeness (QED) is 0.425. The largest absolute Gasteiger partial charge is 0.462 e. The molecule has 9 heteroatoms. The minimum absolute atomic E-state index is 0.0189. The zero-order valence-corrected chi connectivity index (χ0v) is 15.5. The number of benzene rings is 2. The average Bonchev–Trinajstić information content (AvgIpc) is 2.68. The van der Waals surface area contributed by atoms with Gasteiger partial charge in [-0.25, -0.2) is 4.79 Å². The molecule has 0 aromatic heterocycles. The smallest absolute Gasteiger partial charge is 0.416 e. The lowest BCUT2D eigenvalue weighted by Gasteiger charge is -2.11. The molecule has 0 bridgehead atoms. The Morgan fingerprint density at radius 3 is 2.17 bits per heavy atom. The van der Waals surface area contributed by atoms with E-state index in [0.29, 0.717) is 6.42 Å². The number of halogens is 3. The van der Waals surface area contributed by atoms with Crippen molar-refractivity contribution in [1.82, 2.24) is 0 Å². The van der Waals surface area contributed by atoms with Crippen LogP contribution in [-0.4, -0.2) is 24.4 Å². The number of rotatable bonds is 6. The Morgan fingerprint density at radius 1 is 0.931 bits per heavy atom. The van der Waals surface area contributed by atoms with Crippen LogP contribution in [0.2, 0.25) is 0 Å². The Balaban J connectivity index is 2.03. The number of amides is 2. The second kappa shape index (κ2) is 9.72. The van der Waals surface area contributed by atoms with E-state index in [1.165, 1.54) is 12.1 Å². The Labute approximate surface area is 165 Å². The molecular formula is C20H19F3N2O4. The standard InChI is InChI=1S/C20H19F3N2O4/c1-2-3-12-29-19(28)15-6-4-5-7-16(15)25-18(27)17(26)24-14-10-8-13(9-11-14)20(21,22)23/h4-11H,2-3,12H2,1H3,(H,24,26)(H,25,27). The van der Waals surface area contributed by atoms with E-state index < -0.39 is 29.5 Å². The summed E-state index contributed by atoms with van der Waals surface area (Å²) in [6.45, 7) is 2.17. The number of carbonyl (C=O) groups excluding carboxylic acids is 3. The Kier molecular flexibility index (Phi) is 7.35. The zero-order valence-electron chi connectivity index (χ0n) is 15.5. The van der Waals surface area contributed by atoms with Gasteiger partial charge in [0.15, 0.2) is 0 Å². The molecule has 6 nitrogen and oxygen atoms in total. The van der Waals surface area contributed by atoms with E-state index in [-0.39, 0.29) is 23.5 Å². The maximum Gasteiger partial charge on any atom is 0.416 e. The van der Waals surface area contributed by atoms with Crippen LogP contribution in [0.3, 0.4) is 0 Å². The number of ether oxygens (including phenoxy) is 1. The third-order valence-corrected chi connectivity index (χ3v) is 3.80. The molecule has 0 aliphatic carbocycles. The molecule has 2 rings (SSSR count). The van der Waals surface area contributed by atoms with Crippen LogP contribution in [0, 0.1) is 0 Å². The lowest BCUT2D eigenvalue weighted by Crippen LogP contribution is -2.29. The number of carbonyl (C=O) groups is 3. The zero-order chi connectivity index (χ0) is 21.4. The fourth-order valence-electron chi connectivity index (χ4n) is 2.27. The summed E-state index contributed by atoms with van der Waals surface area (Å²) in [5, 5.41) is 4.50. The fraction of sp³-hybridized carbons (Fsp3) is 0.250. The highest BCUT2D eigenvalue weighted by Crippen LogP contribution is 2.29. The first-order chi connectivity index (χ1) is 13.7. The van der Waals surface area contributed by atoms with Crippen LogP contribution in [-0.2, 0) is 20.5 Å². The highest BCUT2D eigenvalue weighted by molar-refractivity contribution is 6.43. The molecular weight excluding hydrogens is 389 g/mol. The fourth-order valence-corrected chi connectivity index (χ4v) is 2.27. The molecule has 154 valence electrons. The summed E-state index contributed by atoms with van der Waals surface area (Å²) in [4.78, 5) is 36.3. The van der Waals surface area contributed by atoms with Crippen molar-refractivity contribution in [2.45, 2.75) is 25.9 Å². The Hall–Kier alpha value is -3.36. The van der Waals surface area contributed by atoms with Gasteiger partial charge in [-0.2, -0.15) is 13.2 Å². The van der Waals surface area contributed by atoms with Crippen molar-refractivity contribution >= 4 is 29.2 Å². The molecule has 0 aliphatic rings. The molecule has 0 unspecified atom stereocenters. The highest BCUT2D eigenvalue weighted by Gasteiger charge is 2.30. The maximum atomic E-state index is 12.6. The summed E-state index contributed by atoms with van der Waals surface area (Å²) in [5.74, 6) is -2.82. The molecule has 0 saturated carbocycles. The van der Waals surface area contributed by atoms with E-state index in [9.17, 15) is 27.6 Å². The van der Waals surface area contributed by atoms with E-state index in [1.807, 2.05) is 6.92 Å². The van der Waals surface area contributed by atoms with Crippen molar-refractivity contribution in [3.05, 3.63) is 59.7 Å². The number of nitrogens with one attached hydrogen (secondary N) is 2. The van der Waals surface area contributed by atoms with Crippen molar-refractivity contribution in [3.63, 3.8) is 0 Å². The molecule has 0 aliphatic heterocycles. The van der Waals surface area contributed by atoms with E-state index in [2.05, 4.69) is 10.6 Å². The number of unbranched alkanes of at least 4 members (excludes halogenated alkanes) is 1. The van der Waals surface area contributed by atoms with Crippen LogP contribution >= 0.6 is 0 Å². The third-order valence-electron chi connectivity index (χ3n) is 3.80. The van der Waals surface area contributed by atoms with Gasteiger partial charge in [0.2, 0.25) is 0 Å². The molecule has 0 spiro atoms. The molecule has 0 radical (unpaired) electrons. The topological polar surface area (TPSA) is 84.5 Å². The first-order valence-electron chi connectivity index (χ1n) is 8.78. The number of esters is 1. The van der Waals surface area contributed by atoms with Crippen molar-refractivity contribution in [2.75, 3.05) is 17.2 Å². The molecule has 2 aromatic carbocycles. The van der Waals surface area contributed by atoms with Crippen LogP contribution in [0.25, 0.3) is 0 Å². The summed E-state index contributed by atoms with van der Waals surface area (Å²) < 4.78 is 42.8. The summed E-state index contributed by atoms with van der Waals surface area (Å²) >= 11 is 0. The van der Waals surface area contributed by atoms with Crippen LogP contribution in [0.1, 0.15) is 35.7 Å². The van der Waals surface area contributed by atoms with Gasteiger partial charge in [0.25, 0.3) is 0 Å². The monoisotopic (exact) mass is 408 g/mol. The summed E-state index contributed by atoms with van der Waals surface area (Å²) in [5.41, 5.74) is -0.693. The van der Waals surface area contributed by atoms with Gasteiger partial charge < -0.3 is 15.4 Å². The third kappa shape index (κ3) is 6.34. The lowest BCUT2D eigenvalue weighted by molar-refractivity contribution is -0.137. The number of hydrogen-bond acceptors (Lipinski definition) is 4. The number of alkyl halides is 3. The predicted molar refractivity (Wildman–Crippen MR) is 100 cm³/mol. The molecule has 2 N–H and O–H groups in total. The van der Waals surface area contributed by atoms with Gasteiger partial charge >= 0.3 is 24.0 Å². The van der Waals surface area contributed by atoms with Gasteiger partial charge in [-0.3, -0.25) is 9.59 Å². The molecule has 2 amide bonds. The second-order valence-electron chi connectivity index (χ2n) is 6.02. The van der Waals surface area contributed by atoms with Crippen molar-refractivity contribution in [3.8, 4) is 0 Å². The normalized spacial score (nSPS) is 10.9. The van der Waals surface area contributed by atoms with Gasteiger partial charge in [-0.15, -0.1) is 0 Å². The highest BCUT2D eigenvalue weighted by atomic mass is 19.4. The average molecular weight is 408 g/mol. The predicted octanol–water partition coefficient (Wildman–Crippen LogP) is 4.24. The summed E-state index contributed by atoms with van der Waals surface area (Å²) in [7, 11) is 0. The van der Waals surface area contributed by atoms with Crippen molar-refractivity contribution < 1.29 is 32.3 Å². The molecule has 29 heavy (non-hydrogen) atoms. The SMILES string of the molecule is CCCCOC(=O)c1ccccc1NC(=O)C(=O)Nc1ccc(C(F)(F)F)cc1. The van der Waals surface area contributed by atoms with Crippen LogP contribution in [0.5, 0.6) is 0 Å². The van der Waals surface area contributed by atoms with Crippen molar-refractivity contribution in [2.24, 2.45) is 0 Å². The number of hydrogen-bond donors (Lipinski definition) is 2. The molecule has 0 saturated heterocycles. The molecule has 0 atom stereocenters. The van der Waals surface area contributed by atoms with Crippen LogP contribution in [0.4, 0.5) is 24.5 Å². The van der Waals surface area contributed by atoms with E-state index in [0.717, 1.165) is 30.7 Å². The van der Waals surface area contributed by atoms with Gasteiger partial charge in [-0.1, -0.05) is 25.5 Å². The number of anilines is 2. The Bertz CT molecular complexity index is 880. The second-order valence-corrected chi connectivity index (χ2v) is 6.02. The lowest BCUT2D eigenvalue weighted by atomic mass is 10.1. The molecule has 0 heterocycles. The summed E-state index contributed by atoms with van der Waals surface area (Å²) in [6, 6.07) is 9.66. The van der Waals surface area contributed by atoms with E-state index in [4.69, 9.17) is 4.74 Å². The van der Waals surface area contributed by atoms with E-state index >= 15 is 0 Å². The minimum Gasteiger partial charge on any atom is -0.462 e. The van der Waals surface area contributed by atoms with Crippen molar-refractivity contribution in [1.29, 1.82) is 0 Å². The molecule has 0 fully saturated rings. The number of para-hydroxylation sites is 1. The summed E-state index contributed by atoms with van der Waals surface area (Å²) in [6.07, 6.45) is -2.97. The minimum atomic E-state index is -4.50.